The highest BCUT2D eigenvalue weighted by atomic mass is 32.2. The third-order valence-electron chi connectivity index (χ3n) is 9.63. The average Bonchev–Trinajstić information content (AvgIpc) is 3.66. The molecular formula is C35H36F2N8O7S. The quantitative estimate of drug-likeness (QED) is 0.205. The molecule has 53 heavy (non-hydrogen) atoms. The van der Waals surface area contributed by atoms with Gasteiger partial charge in [0.2, 0.25) is 5.91 Å². The Bertz CT molecular complexity index is 2130. The second kappa shape index (κ2) is 14.7. The van der Waals surface area contributed by atoms with E-state index < -0.39 is 56.9 Å². The van der Waals surface area contributed by atoms with Crippen molar-refractivity contribution in [1.29, 1.82) is 0 Å². The third kappa shape index (κ3) is 7.59. The SMILES string of the molecule is CN(C)C1CCC2C(C1)C(=O)N(c1ccc(C[C@H](NC(=O)c3c(F)cc(NS(=O)(=O)c4ccc(-n5cncn5)cc4)cc3F)C(=O)O)cc1)C(=O)N2C. The van der Waals surface area contributed by atoms with Crippen LogP contribution in [0.1, 0.15) is 35.2 Å². The zero-order chi connectivity index (χ0) is 38.2. The monoisotopic (exact) mass is 750 g/mol. The Labute approximate surface area is 303 Å². The Hall–Kier alpha value is -5.75. The van der Waals surface area contributed by atoms with Crippen molar-refractivity contribution in [3.05, 3.63) is 96.1 Å². The molecule has 4 atom stereocenters. The second-order valence-corrected chi connectivity index (χ2v) is 14.8. The summed E-state index contributed by atoms with van der Waals surface area (Å²) in [6.45, 7) is 0. The minimum Gasteiger partial charge on any atom is -0.480 e. The van der Waals surface area contributed by atoms with Crippen molar-refractivity contribution in [2.75, 3.05) is 30.8 Å². The molecule has 0 bridgehead atoms. The molecule has 0 radical (unpaired) electrons. The van der Waals surface area contributed by atoms with Gasteiger partial charge in [0, 0.05) is 25.6 Å². The summed E-state index contributed by atoms with van der Waals surface area (Å²) in [5, 5.41) is 15.9. The fraction of sp³-hybridized carbons (Fsp3) is 0.314. The zero-order valence-corrected chi connectivity index (χ0v) is 29.6. The largest absolute Gasteiger partial charge is 0.480 e. The number of urea groups is 1. The zero-order valence-electron chi connectivity index (χ0n) is 28.8. The highest BCUT2D eigenvalue weighted by Gasteiger charge is 2.48. The predicted octanol–water partition coefficient (Wildman–Crippen LogP) is 3.27. The number of carbonyl (C=O) groups is 4. The van der Waals surface area contributed by atoms with Crippen molar-refractivity contribution in [3.8, 4) is 5.69 Å². The van der Waals surface area contributed by atoms with Gasteiger partial charge in [0.25, 0.3) is 15.9 Å². The number of rotatable bonds is 11. The van der Waals surface area contributed by atoms with E-state index in [9.17, 15) is 32.7 Å². The van der Waals surface area contributed by atoms with Crippen LogP contribution < -0.4 is 14.9 Å². The molecule has 2 fully saturated rings. The summed E-state index contributed by atoms with van der Waals surface area (Å²) in [5.41, 5.74) is -0.439. The minimum atomic E-state index is -4.31. The maximum absolute atomic E-state index is 15.1. The first kappa shape index (κ1) is 37.0. The number of hydrogen-bond acceptors (Lipinski definition) is 9. The number of carboxylic acids is 1. The Morgan fingerprint density at radius 3 is 2.23 bits per heavy atom. The lowest BCUT2D eigenvalue weighted by atomic mass is 9.78. The number of nitrogens with one attached hydrogen (secondary N) is 2. The van der Waals surface area contributed by atoms with E-state index >= 15 is 8.78 Å². The molecule has 6 rings (SSSR count). The van der Waals surface area contributed by atoms with Gasteiger partial charge in [-0.05, 0) is 87.5 Å². The highest BCUT2D eigenvalue weighted by molar-refractivity contribution is 7.92. The number of nitrogens with zero attached hydrogens (tertiary/aromatic N) is 6. The summed E-state index contributed by atoms with van der Waals surface area (Å²) in [6.07, 6.45) is 4.57. The van der Waals surface area contributed by atoms with Gasteiger partial charge in [0.1, 0.15) is 35.9 Å². The Kier molecular flexibility index (Phi) is 10.3. The first-order valence-corrected chi connectivity index (χ1v) is 18.0. The lowest BCUT2D eigenvalue weighted by Crippen LogP contribution is -2.63. The van der Waals surface area contributed by atoms with Crippen molar-refractivity contribution in [2.24, 2.45) is 5.92 Å². The van der Waals surface area contributed by atoms with Crippen LogP contribution in [0.3, 0.4) is 0 Å². The molecule has 278 valence electrons. The molecule has 4 aromatic rings. The molecule has 2 aliphatic rings. The van der Waals surface area contributed by atoms with Crippen LogP contribution in [0.2, 0.25) is 0 Å². The summed E-state index contributed by atoms with van der Waals surface area (Å²) >= 11 is 0. The smallest absolute Gasteiger partial charge is 0.331 e. The van der Waals surface area contributed by atoms with E-state index in [1.807, 2.05) is 14.1 Å². The van der Waals surface area contributed by atoms with Gasteiger partial charge in [-0.2, -0.15) is 5.10 Å². The van der Waals surface area contributed by atoms with E-state index in [-0.39, 0.29) is 35.2 Å². The molecule has 1 aliphatic heterocycles. The fourth-order valence-electron chi connectivity index (χ4n) is 6.76. The minimum absolute atomic E-state index is 0.197. The van der Waals surface area contributed by atoms with Crippen LogP contribution in [0.5, 0.6) is 0 Å². The van der Waals surface area contributed by atoms with E-state index in [0.29, 0.717) is 41.9 Å². The summed E-state index contributed by atoms with van der Waals surface area (Å²) in [7, 11) is 1.27. The lowest BCUT2D eigenvalue weighted by Gasteiger charge is -2.47. The third-order valence-corrected chi connectivity index (χ3v) is 11.0. The summed E-state index contributed by atoms with van der Waals surface area (Å²) in [5.74, 6) is -6.45. The lowest BCUT2D eigenvalue weighted by molar-refractivity contribution is -0.139. The van der Waals surface area contributed by atoms with E-state index in [1.54, 1.807) is 11.9 Å². The van der Waals surface area contributed by atoms with Crippen LogP contribution in [-0.4, -0.2) is 101 Å². The van der Waals surface area contributed by atoms with Crippen molar-refractivity contribution in [1.82, 2.24) is 29.9 Å². The number of imide groups is 1. The molecule has 15 nitrogen and oxygen atoms in total. The molecule has 18 heteroatoms. The standard InChI is InChI=1S/C35H36F2N8O7S/c1-42(2)24-10-13-30-26(17-24)33(47)45(35(50)43(30)3)23-6-4-20(5-7-23)14-29(34(48)49)40-32(46)31-27(36)15-21(16-28(31)37)41-53(51,52)25-11-8-22(9-12-25)44-19-38-18-39-44/h4-9,11-12,15-16,18-19,24,26,29-30,41H,10,13-14,17H2,1-3H3,(H,40,46)(H,48,49)/t24?,26?,29-,30?/m0/s1. The van der Waals surface area contributed by atoms with Crippen molar-refractivity contribution >= 4 is 45.2 Å². The number of anilines is 2. The molecule has 2 heterocycles. The van der Waals surface area contributed by atoms with Crippen molar-refractivity contribution < 1.29 is 41.5 Å². The highest BCUT2D eigenvalue weighted by Crippen LogP contribution is 2.37. The second-order valence-electron chi connectivity index (χ2n) is 13.2. The Balaban J connectivity index is 1.12. The van der Waals surface area contributed by atoms with Crippen LogP contribution in [-0.2, 0) is 26.0 Å². The number of hydrogen-bond donors (Lipinski definition) is 3. The number of aliphatic carboxylic acids is 1. The first-order chi connectivity index (χ1) is 25.1. The van der Waals surface area contributed by atoms with Crippen LogP contribution in [0.25, 0.3) is 5.69 Å². The number of benzene rings is 3. The number of sulfonamides is 1. The van der Waals surface area contributed by atoms with Crippen LogP contribution in [0.15, 0.2) is 78.2 Å². The van der Waals surface area contributed by atoms with Crippen molar-refractivity contribution in [2.45, 2.75) is 48.7 Å². The number of amides is 4. The van der Waals surface area contributed by atoms with Crippen molar-refractivity contribution in [3.63, 3.8) is 0 Å². The van der Waals surface area contributed by atoms with Gasteiger partial charge < -0.3 is 20.2 Å². The van der Waals surface area contributed by atoms with Gasteiger partial charge >= 0.3 is 12.0 Å². The maximum Gasteiger partial charge on any atom is 0.331 e. The van der Waals surface area contributed by atoms with Gasteiger partial charge in [0.15, 0.2) is 0 Å². The molecule has 3 aromatic carbocycles. The maximum atomic E-state index is 15.1. The van der Waals surface area contributed by atoms with E-state index in [2.05, 4.69) is 25.0 Å². The summed E-state index contributed by atoms with van der Waals surface area (Å²) < 4.78 is 59.6. The first-order valence-electron chi connectivity index (χ1n) is 16.5. The molecule has 0 spiro atoms. The van der Waals surface area contributed by atoms with E-state index in [0.717, 1.165) is 11.3 Å². The molecule has 1 aliphatic carbocycles. The summed E-state index contributed by atoms with van der Waals surface area (Å²) in [6, 6.07) is 10.5. The normalized spacial score (nSPS) is 19.5. The van der Waals surface area contributed by atoms with Gasteiger partial charge in [-0.15, -0.1) is 0 Å². The van der Waals surface area contributed by atoms with Gasteiger partial charge in [-0.1, -0.05) is 12.1 Å². The number of halogens is 2. The van der Waals surface area contributed by atoms with E-state index in [4.69, 9.17) is 0 Å². The molecular weight excluding hydrogens is 714 g/mol. The molecule has 3 N–H and O–H groups in total. The molecule has 3 unspecified atom stereocenters. The molecule has 1 saturated heterocycles. The Morgan fingerprint density at radius 1 is 1.00 bits per heavy atom. The molecule has 1 aromatic heterocycles. The van der Waals surface area contributed by atoms with E-state index in [1.165, 1.54) is 65.9 Å². The van der Waals surface area contributed by atoms with Crippen LogP contribution in [0, 0.1) is 17.6 Å². The fourth-order valence-corrected chi connectivity index (χ4v) is 7.80. The van der Waals surface area contributed by atoms with Gasteiger partial charge in [0.05, 0.1) is 27.9 Å². The Morgan fingerprint density at radius 2 is 1.64 bits per heavy atom. The average molecular weight is 751 g/mol. The van der Waals surface area contributed by atoms with Gasteiger partial charge in [-0.25, -0.2) is 41.4 Å². The number of aromatic nitrogens is 3. The van der Waals surface area contributed by atoms with Crippen LogP contribution in [0.4, 0.5) is 25.0 Å². The van der Waals surface area contributed by atoms with Gasteiger partial charge in [-0.3, -0.25) is 14.3 Å². The topological polar surface area (TPSA) is 187 Å². The van der Waals surface area contributed by atoms with Crippen LogP contribution >= 0.6 is 0 Å². The predicted molar refractivity (Wildman–Crippen MR) is 187 cm³/mol. The summed E-state index contributed by atoms with van der Waals surface area (Å²) in [4.78, 5) is 60.3. The number of fused-ring (bicyclic) bond motifs is 1. The number of carboxylic acid groups (broad SMARTS) is 1. The molecule has 4 amide bonds. The number of carbonyl (C=O) groups excluding carboxylic acids is 3. The molecule has 1 saturated carbocycles.